The number of nitrogens with zero attached hydrogens (tertiary/aromatic N) is 2. The van der Waals surface area contributed by atoms with Crippen LogP contribution in [-0.2, 0) is 10.0 Å². The Labute approximate surface area is 86.4 Å². The maximum absolute atomic E-state index is 11.7. The first-order chi connectivity index (χ1) is 7.18. The highest BCUT2D eigenvalue weighted by molar-refractivity contribution is 7.92. The zero-order chi connectivity index (χ0) is 10.7. The van der Waals surface area contributed by atoms with Crippen LogP contribution in [0.2, 0.25) is 0 Å². The van der Waals surface area contributed by atoms with Gasteiger partial charge in [-0.2, -0.15) is 8.42 Å². The van der Waals surface area contributed by atoms with Crippen LogP contribution in [-0.4, -0.2) is 23.4 Å². The number of nitrogens with one attached hydrogen (secondary N) is 2. The predicted octanol–water partition coefficient (Wildman–Crippen LogP) is 0.605. The topological polar surface area (TPSA) is 87.7 Å². The van der Waals surface area contributed by atoms with Gasteiger partial charge in [-0.05, 0) is 12.1 Å². The monoisotopic (exact) mass is 224 g/mol. The summed E-state index contributed by atoms with van der Waals surface area (Å²) in [5.74, 6) is 0. The van der Waals surface area contributed by atoms with Crippen LogP contribution in [0.25, 0.3) is 0 Å². The van der Waals surface area contributed by atoms with Gasteiger partial charge in [0, 0.05) is 12.4 Å². The number of H-pyrrole nitrogens is 1. The molecule has 0 unspecified atom stereocenters. The number of rotatable bonds is 3. The van der Waals surface area contributed by atoms with Crippen molar-refractivity contribution in [2.45, 2.75) is 5.03 Å². The minimum atomic E-state index is -3.57. The smallest absolute Gasteiger partial charge is 0.278 e. The molecule has 0 aliphatic rings. The van der Waals surface area contributed by atoms with Crippen molar-refractivity contribution >= 4 is 15.7 Å². The van der Waals surface area contributed by atoms with E-state index < -0.39 is 10.0 Å². The van der Waals surface area contributed by atoms with Crippen LogP contribution in [0.4, 0.5) is 5.69 Å². The molecule has 7 heteroatoms. The Bertz CT molecular complexity index is 521. The lowest BCUT2D eigenvalue weighted by Gasteiger charge is -2.04. The number of aromatic amines is 1. The Hall–Kier alpha value is -1.89. The molecule has 2 rings (SSSR count). The summed E-state index contributed by atoms with van der Waals surface area (Å²) in [5.41, 5.74) is 0.458. The first kappa shape index (κ1) is 9.66. The van der Waals surface area contributed by atoms with Gasteiger partial charge in [-0.1, -0.05) is 0 Å². The summed E-state index contributed by atoms with van der Waals surface area (Å²) in [5, 5.41) is 0.0271. The van der Waals surface area contributed by atoms with E-state index in [9.17, 15) is 8.42 Å². The molecule has 2 heterocycles. The first-order valence-electron chi connectivity index (χ1n) is 4.10. The highest BCUT2D eigenvalue weighted by Gasteiger charge is 2.14. The Balaban J connectivity index is 2.27. The molecule has 0 bridgehead atoms. The predicted molar refractivity (Wildman–Crippen MR) is 53.6 cm³/mol. The summed E-state index contributed by atoms with van der Waals surface area (Å²) < 4.78 is 25.7. The Morgan fingerprint density at radius 2 is 1.93 bits per heavy atom. The number of pyridine rings is 1. The van der Waals surface area contributed by atoms with Crippen LogP contribution in [0.3, 0.4) is 0 Å². The average Bonchev–Trinajstić information content (AvgIpc) is 2.71. The van der Waals surface area contributed by atoms with Crippen LogP contribution in [0.5, 0.6) is 0 Å². The van der Waals surface area contributed by atoms with E-state index in [1.54, 1.807) is 12.1 Å². The van der Waals surface area contributed by atoms with Gasteiger partial charge >= 0.3 is 0 Å². The molecule has 78 valence electrons. The van der Waals surface area contributed by atoms with Crippen LogP contribution in [0.15, 0.2) is 42.1 Å². The molecule has 0 amide bonds. The fraction of sp³-hybridized carbons (Fsp3) is 0. The van der Waals surface area contributed by atoms with E-state index in [1.165, 1.54) is 24.9 Å². The van der Waals surface area contributed by atoms with E-state index in [-0.39, 0.29) is 5.03 Å². The van der Waals surface area contributed by atoms with Crippen molar-refractivity contribution in [3.63, 3.8) is 0 Å². The molecule has 0 saturated heterocycles. The third kappa shape index (κ3) is 2.13. The normalized spacial score (nSPS) is 11.2. The van der Waals surface area contributed by atoms with Gasteiger partial charge < -0.3 is 4.98 Å². The second-order valence-corrected chi connectivity index (χ2v) is 4.41. The summed E-state index contributed by atoms with van der Waals surface area (Å²) in [4.78, 5) is 9.95. The number of hydrogen-bond acceptors (Lipinski definition) is 4. The third-order valence-corrected chi connectivity index (χ3v) is 3.00. The van der Waals surface area contributed by atoms with Crippen molar-refractivity contribution in [3.05, 3.63) is 37.1 Å². The molecule has 0 aliphatic carbocycles. The van der Waals surface area contributed by atoms with Crippen molar-refractivity contribution in [1.82, 2.24) is 15.0 Å². The number of aromatic nitrogens is 3. The standard InChI is InChI=1S/C8H8N4O2S/c13-15(14,8-5-10-6-11-8)12-7-1-3-9-4-2-7/h1-6H,(H,9,12)(H,10,11). The summed E-state index contributed by atoms with van der Waals surface area (Å²) in [6, 6.07) is 3.13. The SMILES string of the molecule is O=S(=O)(Nc1ccncc1)c1cnc[nH]1. The maximum Gasteiger partial charge on any atom is 0.278 e. The second-order valence-electron chi connectivity index (χ2n) is 2.76. The Kier molecular flexibility index (Phi) is 2.38. The van der Waals surface area contributed by atoms with Crippen LogP contribution < -0.4 is 4.72 Å². The summed E-state index contributed by atoms with van der Waals surface area (Å²) in [6.45, 7) is 0. The zero-order valence-electron chi connectivity index (χ0n) is 7.58. The van der Waals surface area contributed by atoms with E-state index >= 15 is 0 Å². The summed E-state index contributed by atoms with van der Waals surface area (Å²) in [6.07, 6.45) is 5.56. The molecule has 2 N–H and O–H groups in total. The van der Waals surface area contributed by atoms with E-state index in [4.69, 9.17) is 0 Å². The zero-order valence-corrected chi connectivity index (χ0v) is 8.40. The highest BCUT2D eigenvalue weighted by atomic mass is 32.2. The Morgan fingerprint density at radius 3 is 2.53 bits per heavy atom. The molecule has 2 aromatic heterocycles. The van der Waals surface area contributed by atoms with Gasteiger partial charge in [0.25, 0.3) is 10.0 Å². The third-order valence-electron chi connectivity index (χ3n) is 1.70. The maximum atomic E-state index is 11.7. The van der Waals surface area contributed by atoms with Crippen molar-refractivity contribution in [1.29, 1.82) is 0 Å². The lowest BCUT2D eigenvalue weighted by molar-refractivity contribution is 0.598. The molecule has 0 saturated carbocycles. The van der Waals surface area contributed by atoms with E-state index in [0.717, 1.165) is 0 Å². The quantitative estimate of drug-likeness (QED) is 0.799. The fourth-order valence-corrected chi connectivity index (χ4v) is 1.98. The van der Waals surface area contributed by atoms with Crippen molar-refractivity contribution in [2.75, 3.05) is 4.72 Å². The molecule has 0 fully saturated rings. The second kappa shape index (κ2) is 3.70. The first-order valence-corrected chi connectivity index (χ1v) is 5.58. The number of anilines is 1. The molecule has 0 aromatic carbocycles. The lowest BCUT2D eigenvalue weighted by Crippen LogP contribution is -2.13. The van der Waals surface area contributed by atoms with E-state index in [2.05, 4.69) is 19.7 Å². The lowest BCUT2D eigenvalue weighted by atomic mass is 10.4. The molecule has 15 heavy (non-hydrogen) atoms. The molecule has 0 aliphatic heterocycles. The van der Waals surface area contributed by atoms with Gasteiger partial charge in [-0.3, -0.25) is 9.71 Å². The minimum Gasteiger partial charge on any atom is -0.334 e. The van der Waals surface area contributed by atoms with Gasteiger partial charge in [0.05, 0.1) is 18.2 Å². The summed E-state index contributed by atoms with van der Waals surface area (Å²) >= 11 is 0. The van der Waals surface area contributed by atoms with Crippen LogP contribution >= 0.6 is 0 Å². The van der Waals surface area contributed by atoms with E-state index in [0.29, 0.717) is 5.69 Å². The van der Waals surface area contributed by atoms with Gasteiger partial charge in [-0.15, -0.1) is 0 Å². The number of imidazole rings is 1. The van der Waals surface area contributed by atoms with Crippen molar-refractivity contribution < 1.29 is 8.42 Å². The molecule has 0 radical (unpaired) electrons. The van der Waals surface area contributed by atoms with Gasteiger partial charge in [0.15, 0.2) is 5.03 Å². The largest absolute Gasteiger partial charge is 0.334 e. The van der Waals surface area contributed by atoms with Crippen molar-refractivity contribution in [2.24, 2.45) is 0 Å². The molecule has 0 spiro atoms. The van der Waals surface area contributed by atoms with Gasteiger partial charge in [0.1, 0.15) is 0 Å². The highest BCUT2D eigenvalue weighted by Crippen LogP contribution is 2.11. The van der Waals surface area contributed by atoms with Gasteiger partial charge in [-0.25, -0.2) is 4.98 Å². The average molecular weight is 224 g/mol. The van der Waals surface area contributed by atoms with Crippen LogP contribution in [0.1, 0.15) is 0 Å². The van der Waals surface area contributed by atoms with Crippen LogP contribution in [0, 0.1) is 0 Å². The number of hydrogen-bond donors (Lipinski definition) is 2. The molecular weight excluding hydrogens is 216 g/mol. The molecule has 6 nitrogen and oxygen atoms in total. The number of sulfonamides is 1. The van der Waals surface area contributed by atoms with Gasteiger partial charge in [0.2, 0.25) is 0 Å². The molecule has 2 aromatic rings. The summed E-state index contributed by atoms with van der Waals surface area (Å²) in [7, 11) is -3.57. The van der Waals surface area contributed by atoms with E-state index in [1.807, 2.05) is 0 Å². The Morgan fingerprint density at radius 1 is 1.20 bits per heavy atom. The minimum absolute atomic E-state index is 0.0271. The molecule has 0 atom stereocenters. The molecular formula is C8H8N4O2S. The van der Waals surface area contributed by atoms with Crippen molar-refractivity contribution in [3.8, 4) is 0 Å². The fourth-order valence-electron chi connectivity index (χ4n) is 1.02.